The average Bonchev–Trinajstić information content (AvgIpc) is 2.56. The van der Waals surface area contributed by atoms with Gasteiger partial charge in [-0.15, -0.1) is 0 Å². The van der Waals surface area contributed by atoms with Gasteiger partial charge in [0.25, 0.3) is 0 Å². The zero-order valence-corrected chi connectivity index (χ0v) is 15.6. The summed E-state index contributed by atoms with van der Waals surface area (Å²) in [4.78, 5) is 23.2. The number of hydrogen-bond donors (Lipinski definition) is 1. The quantitative estimate of drug-likeness (QED) is 0.313. The Labute approximate surface area is 146 Å². The van der Waals surface area contributed by atoms with E-state index in [1.165, 1.54) is 51.7 Å². The third kappa shape index (κ3) is 10.4. The molecule has 0 aromatic carbocycles. The summed E-state index contributed by atoms with van der Waals surface area (Å²) < 4.78 is 9.68. The van der Waals surface area contributed by atoms with Gasteiger partial charge < -0.3 is 14.6 Å². The van der Waals surface area contributed by atoms with Crippen LogP contribution in [0.3, 0.4) is 0 Å². The maximum Gasteiger partial charge on any atom is 0.338 e. The van der Waals surface area contributed by atoms with Crippen LogP contribution in [0.1, 0.15) is 72.1 Å². The highest BCUT2D eigenvalue weighted by Gasteiger charge is 2.32. The lowest BCUT2D eigenvalue weighted by molar-refractivity contribution is -0.168. The number of rotatable bonds is 13. The van der Waals surface area contributed by atoms with E-state index in [1.54, 1.807) is 19.9 Å². The molecule has 5 nitrogen and oxygen atoms in total. The summed E-state index contributed by atoms with van der Waals surface area (Å²) in [7, 11) is 1.19. The third-order valence-electron chi connectivity index (χ3n) is 3.89. The molecule has 0 aromatic heterocycles. The molecule has 0 heterocycles. The van der Waals surface area contributed by atoms with Crippen LogP contribution in [0, 0.1) is 5.92 Å². The van der Waals surface area contributed by atoms with E-state index >= 15 is 0 Å². The van der Waals surface area contributed by atoms with Gasteiger partial charge in [0.15, 0.2) is 6.10 Å². The highest BCUT2D eigenvalue weighted by atomic mass is 16.6. The molecule has 0 rings (SSSR count). The van der Waals surface area contributed by atoms with Crippen molar-refractivity contribution in [2.24, 2.45) is 5.92 Å². The molecular weight excluding hydrogens is 308 g/mol. The van der Waals surface area contributed by atoms with Crippen molar-refractivity contribution in [3.63, 3.8) is 0 Å². The van der Waals surface area contributed by atoms with Gasteiger partial charge in [-0.3, -0.25) is 0 Å². The number of unbranched alkanes of at least 4 members (excludes halogenated alkanes) is 7. The molecule has 0 amide bonds. The summed E-state index contributed by atoms with van der Waals surface area (Å²) >= 11 is 0. The van der Waals surface area contributed by atoms with E-state index < -0.39 is 24.1 Å². The number of allylic oxidation sites excluding steroid dienone is 1. The molecule has 0 unspecified atom stereocenters. The summed E-state index contributed by atoms with van der Waals surface area (Å²) in [5.41, 5.74) is 0. The van der Waals surface area contributed by atoms with Crippen LogP contribution >= 0.6 is 0 Å². The molecule has 0 saturated heterocycles. The van der Waals surface area contributed by atoms with Crippen LogP contribution in [-0.4, -0.2) is 36.4 Å². The van der Waals surface area contributed by atoms with Crippen LogP contribution < -0.4 is 0 Å². The van der Waals surface area contributed by atoms with Gasteiger partial charge in [0, 0.05) is 6.08 Å². The Bertz CT molecular complexity index is 376. The minimum atomic E-state index is -1.46. The number of aliphatic hydroxyl groups excluding tert-OH is 1. The first-order chi connectivity index (χ1) is 11.4. The Morgan fingerprint density at radius 2 is 1.62 bits per heavy atom. The van der Waals surface area contributed by atoms with Gasteiger partial charge in [0.2, 0.25) is 0 Å². The maximum absolute atomic E-state index is 11.8. The van der Waals surface area contributed by atoms with Crippen LogP contribution in [0.15, 0.2) is 12.2 Å². The molecule has 5 heteroatoms. The van der Waals surface area contributed by atoms with Crippen molar-refractivity contribution in [1.29, 1.82) is 0 Å². The van der Waals surface area contributed by atoms with E-state index in [0.29, 0.717) is 0 Å². The lowest BCUT2D eigenvalue weighted by Crippen LogP contribution is -2.41. The molecule has 0 bridgehead atoms. The standard InChI is InChI=1S/C19H34O5/c1-5-6-7-8-9-10-11-12-13-14-16(20)24-18(15(2)3)17(21)19(22)23-4/h13-15,17-18,21H,5-12H2,1-4H3/b14-13+/t17-,18-/m1/s1. The predicted molar refractivity (Wildman–Crippen MR) is 94.5 cm³/mol. The monoisotopic (exact) mass is 342 g/mol. The van der Waals surface area contributed by atoms with Crippen LogP contribution in [0.2, 0.25) is 0 Å². The first-order valence-corrected chi connectivity index (χ1v) is 9.07. The smallest absolute Gasteiger partial charge is 0.338 e. The molecular formula is C19H34O5. The molecule has 0 aliphatic rings. The molecule has 24 heavy (non-hydrogen) atoms. The van der Waals surface area contributed by atoms with Crippen LogP contribution in [0.25, 0.3) is 0 Å². The van der Waals surface area contributed by atoms with E-state index in [2.05, 4.69) is 11.7 Å². The Morgan fingerprint density at radius 1 is 1.04 bits per heavy atom. The number of carbonyl (C=O) groups excluding carboxylic acids is 2. The van der Waals surface area contributed by atoms with E-state index in [9.17, 15) is 14.7 Å². The van der Waals surface area contributed by atoms with Gasteiger partial charge in [-0.25, -0.2) is 9.59 Å². The lowest BCUT2D eigenvalue weighted by atomic mass is 10.0. The zero-order valence-electron chi connectivity index (χ0n) is 15.6. The minimum absolute atomic E-state index is 0.195. The molecule has 0 aliphatic heterocycles. The topological polar surface area (TPSA) is 72.8 Å². The zero-order chi connectivity index (χ0) is 18.4. The van der Waals surface area contributed by atoms with Gasteiger partial charge in [0.05, 0.1) is 7.11 Å². The summed E-state index contributed by atoms with van der Waals surface area (Å²) in [5.74, 6) is -1.53. The van der Waals surface area contributed by atoms with Gasteiger partial charge >= 0.3 is 11.9 Å². The number of hydrogen-bond acceptors (Lipinski definition) is 5. The number of esters is 2. The number of carbonyl (C=O) groups is 2. The fourth-order valence-electron chi connectivity index (χ4n) is 2.39. The van der Waals surface area contributed by atoms with Crippen molar-refractivity contribution in [3.05, 3.63) is 12.2 Å². The molecule has 0 aromatic rings. The summed E-state index contributed by atoms with van der Waals surface area (Å²) in [6.45, 7) is 5.75. The van der Waals surface area contributed by atoms with Crippen molar-refractivity contribution in [1.82, 2.24) is 0 Å². The Morgan fingerprint density at radius 3 is 2.17 bits per heavy atom. The second-order valence-corrected chi connectivity index (χ2v) is 6.43. The number of methoxy groups -OCH3 is 1. The summed E-state index contributed by atoms with van der Waals surface area (Å²) in [6, 6.07) is 0. The summed E-state index contributed by atoms with van der Waals surface area (Å²) in [5, 5.41) is 9.85. The minimum Gasteiger partial charge on any atom is -0.467 e. The van der Waals surface area contributed by atoms with Crippen molar-refractivity contribution in [3.8, 4) is 0 Å². The Balaban J connectivity index is 4.05. The van der Waals surface area contributed by atoms with Gasteiger partial charge in [-0.1, -0.05) is 65.4 Å². The molecule has 0 radical (unpaired) electrons. The second kappa shape index (κ2) is 14.0. The van der Waals surface area contributed by atoms with E-state index in [-0.39, 0.29) is 5.92 Å². The van der Waals surface area contributed by atoms with Crippen molar-refractivity contribution >= 4 is 11.9 Å². The molecule has 1 N–H and O–H groups in total. The van der Waals surface area contributed by atoms with Crippen LogP contribution in [0.4, 0.5) is 0 Å². The third-order valence-corrected chi connectivity index (χ3v) is 3.89. The highest BCUT2D eigenvalue weighted by molar-refractivity contribution is 5.83. The number of aliphatic hydroxyl groups is 1. The average molecular weight is 342 g/mol. The van der Waals surface area contributed by atoms with E-state index in [0.717, 1.165) is 12.8 Å². The highest BCUT2D eigenvalue weighted by Crippen LogP contribution is 2.14. The molecule has 0 spiro atoms. The molecule has 0 saturated carbocycles. The van der Waals surface area contributed by atoms with Gasteiger partial charge in [-0.2, -0.15) is 0 Å². The fourth-order valence-corrected chi connectivity index (χ4v) is 2.39. The van der Waals surface area contributed by atoms with Crippen molar-refractivity contribution < 1.29 is 24.2 Å². The van der Waals surface area contributed by atoms with Crippen molar-refractivity contribution in [2.75, 3.05) is 7.11 Å². The molecule has 0 fully saturated rings. The first kappa shape index (κ1) is 22.6. The maximum atomic E-state index is 11.8. The van der Waals surface area contributed by atoms with Crippen molar-refractivity contribution in [2.45, 2.75) is 84.3 Å². The lowest BCUT2D eigenvalue weighted by Gasteiger charge is -2.24. The first-order valence-electron chi connectivity index (χ1n) is 9.07. The van der Waals surface area contributed by atoms with E-state index in [1.807, 2.05) is 0 Å². The van der Waals surface area contributed by atoms with E-state index in [4.69, 9.17) is 4.74 Å². The normalized spacial score (nSPS) is 13.9. The van der Waals surface area contributed by atoms with Gasteiger partial charge in [-0.05, 0) is 18.8 Å². The Kier molecular flexibility index (Phi) is 13.2. The molecule has 140 valence electrons. The van der Waals surface area contributed by atoms with Gasteiger partial charge in [0.1, 0.15) is 6.10 Å². The molecule has 2 atom stereocenters. The van der Waals surface area contributed by atoms with Crippen LogP contribution in [0.5, 0.6) is 0 Å². The predicted octanol–water partition coefficient (Wildman–Crippen LogP) is 3.79. The Hall–Kier alpha value is -1.36. The largest absolute Gasteiger partial charge is 0.467 e. The number of ether oxygens (including phenoxy) is 2. The second-order valence-electron chi connectivity index (χ2n) is 6.43. The fraction of sp³-hybridized carbons (Fsp3) is 0.789. The molecule has 0 aliphatic carbocycles. The SMILES string of the molecule is CCCCCCCCC/C=C/C(=O)O[C@H](C(C)C)[C@@H](O)C(=O)OC. The van der Waals surface area contributed by atoms with Crippen LogP contribution in [-0.2, 0) is 19.1 Å². The summed E-state index contributed by atoms with van der Waals surface area (Å²) in [6.07, 6.45) is 10.2.